The average Bonchev–Trinajstić information content (AvgIpc) is 2.94. The highest BCUT2D eigenvalue weighted by Crippen LogP contribution is 2.50. The molecule has 0 aromatic heterocycles. The van der Waals surface area contributed by atoms with E-state index >= 15 is 0 Å². The molecule has 2 heteroatoms. The summed E-state index contributed by atoms with van der Waals surface area (Å²) in [5, 5.41) is 0. The highest BCUT2D eigenvalue weighted by atomic mass is 19.1. The Morgan fingerprint density at radius 2 is 2.17 bits per heavy atom. The zero-order valence-corrected chi connectivity index (χ0v) is 11.0. The van der Waals surface area contributed by atoms with Crippen LogP contribution in [0.1, 0.15) is 49.3 Å². The van der Waals surface area contributed by atoms with Crippen LogP contribution in [0.15, 0.2) is 18.2 Å². The normalized spacial score (nSPS) is 31.8. The van der Waals surface area contributed by atoms with E-state index in [0.29, 0.717) is 5.56 Å². The van der Waals surface area contributed by atoms with Crippen molar-refractivity contribution in [2.45, 2.75) is 45.1 Å². The summed E-state index contributed by atoms with van der Waals surface area (Å²) in [6.07, 6.45) is 6.47. The Balaban J connectivity index is 1.71. The summed E-state index contributed by atoms with van der Waals surface area (Å²) in [7, 11) is 0. The van der Waals surface area contributed by atoms with Crippen LogP contribution in [0, 0.1) is 30.5 Å². The highest BCUT2D eigenvalue weighted by Gasteiger charge is 2.40. The van der Waals surface area contributed by atoms with Gasteiger partial charge in [-0.2, -0.15) is 0 Å². The van der Waals surface area contributed by atoms with Crippen LogP contribution in [0.4, 0.5) is 4.39 Å². The van der Waals surface area contributed by atoms with Crippen molar-refractivity contribution in [3.05, 3.63) is 35.1 Å². The molecule has 4 atom stereocenters. The van der Waals surface area contributed by atoms with Gasteiger partial charge in [-0.25, -0.2) is 4.39 Å². The van der Waals surface area contributed by atoms with Gasteiger partial charge in [-0.3, -0.25) is 0 Å². The Morgan fingerprint density at radius 3 is 2.83 bits per heavy atom. The molecule has 18 heavy (non-hydrogen) atoms. The minimum absolute atomic E-state index is 0.130. The molecule has 1 nitrogen and oxygen atoms in total. The molecule has 2 saturated carbocycles. The Hall–Kier alpha value is -0.890. The van der Waals surface area contributed by atoms with Crippen LogP contribution in [0.25, 0.3) is 0 Å². The lowest BCUT2D eigenvalue weighted by Gasteiger charge is -2.25. The molecule has 4 unspecified atom stereocenters. The summed E-state index contributed by atoms with van der Waals surface area (Å²) in [5.41, 5.74) is 8.03. The number of hydrogen-bond acceptors (Lipinski definition) is 1. The van der Waals surface area contributed by atoms with Gasteiger partial charge in [0.25, 0.3) is 0 Å². The zero-order chi connectivity index (χ0) is 12.7. The molecule has 98 valence electrons. The lowest BCUT2D eigenvalue weighted by molar-refractivity contribution is 0.294. The first kappa shape index (κ1) is 12.2. The minimum Gasteiger partial charge on any atom is -0.324 e. The first-order chi connectivity index (χ1) is 8.63. The third kappa shape index (κ3) is 2.18. The van der Waals surface area contributed by atoms with Crippen LogP contribution in [-0.2, 0) is 0 Å². The molecular formula is C16H22FN. The van der Waals surface area contributed by atoms with E-state index in [1.165, 1.54) is 25.7 Å². The Bertz CT molecular complexity index is 443. The van der Waals surface area contributed by atoms with Crippen molar-refractivity contribution >= 4 is 0 Å². The largest absolute Gasteiger partial charge is 0.324 e. The fourth-order valence-electron chi connectivity index (χ4n) is 4.07. The van der Waals surface area contributed by atoms with E-state index in [4.69, 9.17) is 5.73 Å². The lowest BCUT2D eigenvalue weighted by Crippen LogP contribution is -2.20. The molecule has 2 bridgehead atoms. The topological polar surface area (TPSA) is 26.0 Å². The van der Waals surface area contributed by atoms with Crippen molar-refractivity contribution in [3.8, 4) is 0 Å². The molecular weight excluding hydrogens is 225 g/mol. The lowest BCUT2D eigenvalue weighted by atomic mass is 9.83. The van der Waals surface area contributed by atoms with Gasteiger partial charge in [0.15, 0.2) is 0 Å². The molecule has 3 rings (SSSR count). The summed E-state index contributed by atoms with van der Waals surface area (Å²) in [6, 6.07) is 5.14. The van der Waals surface area contributed by atoms with Crippen molar-refractivity contribution in [2.24, 2.45) is 23.5 Å². The first-order valence-electron chi connectivity index (χ1n) is 7.15. The van der Waals surface area contributed by atoms with E-state index in [9.17, 15) is 4.39 Å². The Kier molecular flexibility index (Phi) is 3.14. The second kappa shape index (κ2) is 4.65. The number of aryl methyl sites for hydroxylation is 1. The molecule has 2 aliphatic rings. The summed E-state index contributed by atoms with van der Waals surface area (Å²) in [6.45, 7) is 1.99. The highest BCUT2D eigenvalue weighted by molar-refractivity contribution is 5.26. The maximum Gasteiger partial charge on any atom is 0.127 e. The molecule has 0 amide bonds. The van der Waals surface area contributed by atoms with Crippen molar-refractivity contribution in [1.29, 1.82) is 0 Å². The molecule has 0 radical (unpaired) electrons. The molecule has 0 heterocycles. The molecule has 0 aliphatic heterocycles. The standard InChI is InChI=1S/C16H22FN/c1-10-2-5-15(17)14(6-10)16(18)9-13-8-11-3-4-12(13)7-11/h2,5-6,11-13,16H,3-4,7-9,18H2,1H3. The van der Waals surface area contributed by atoms with Gasteiger partial charge in [-0.1, -0.05) is 24.1 Å². The van der Waals surface area contributed by atoms with Gasteiger partial charge in [0.05, 0.1) is 0 Å². The fraction of sp³-hybridized carbons (Fsp3) is 0.625. The predicted octanol–water partition coefficient (Wildman–Crippen LogP) is 3.96. The summed E-state index contributed by atoms with van der Waals surface area (Å²) < 4.78 is 13.8. The van der Waals surface area contributed by atoms with Gasteiger partial charge < -0.3 is 5.73 Å². The number of fused-ring (bicyclic) bond motifs is 2. The van der Waals surface area contributed by atoms with E-state index in [2.05, 4.69) is 0 Å². The maximum atomic E-state index is 13.8. The van der Waals surface area contributed by atoms with Crippen molar-refractivity contribution in [1.82, 2.24) is 0 Å². The van der Waals surface area contributed by atoms with Gasteiger partial charge in [0, 0.05) is 11.6 Å². The number of nitrogens with two attached hydrogens (primary N) is 1. The smallest absolute Gasteiger partial charge is 0.127 e. The van der Waals surface area contributed by atoms with Crippen LogP contribution in [-0.4, -0.2) is 0 Å². The molecule has 1 aromatic rings. The van der Waals surface area contributed by atoms with Crippen molar-refractivity contribution < 1.29 is 4.39 Å². The minimum atomic E-state index is -0.142. The molecule has 2 fully saturated rings. The monoisotopic (exact) mass is 247 g/mol. The number of rotatable bonds is 3. The molecule has 1 aromatic carbocycles. The predicted molar refractivity (Wildman–Crippen MR) is 71.6 cm³/mol. The third-order valence-electron chi connectivity index (χ3n) is 4.99. The fourth-order valence-corrected chi connectivity index (χ4v) is 4.07. The molecule has 0 saturated heterocycles. The van der Waals surface area contributed by atoms with E-state index < -0.39 is 0 Å². The summed E-state index contributed by atoms with van der Waals surface area (Å²) >= 11 is 0. The quantitative estimate of drug-likeness (QED) is 0.859. The first-order valence-corrected chi connectivity index (χ1v) is 7.15. The van der Waals surface area contributed by atoms with Gasteiger partial charge in [0.1, 0.15) is 5.82 Å². The van der Waals surface area contributed by atoms with Crippen molar-refractivity contribution in [2.75, 3.05) is 0 Å². The van der Waals surface area contributed by atoms with E-state index in [-0.39, 0.29) is 11.9 Å². The van der Waals surface area contributed by atoms with Gasteiger partial charge in [0.2, 0.25) is 0 Å². The third-order valence-corrected chi connectivity index (χ3v) is 4.99. The van der Waals surface area contributed by atoms with E-state index in [1.54, 1.807) is 6.07 Å². The maximum absolute atomic E-state index is 13.8. The molecule has 0 spiro atoms. The Morgan fingerprint density at radius 1 is 1.33 bits per heavy atom. The summed E-state index contributed by atoms with van der Waals surface area (Å²) in [5.74, 6) is 2.40. The number of benzene rings is 1. The van der Waals surface area contributed by atoms with Crippen molar-refractivity contribution in [3.63, 3.8) is 0 Å². The van der Waals surface area contributed by atoms with Gasteiger partial charge in [-0.15, -0.1) is 0 Å². The van der Waals surface area contributed by atoms with Crippen LogP contribution in [0.2, 0.25) is 0 Å². The number of halogens is 1. The van der Waals surface area contributed by atoms with Crippen LogP contribution in [0.3, 0.4) is 0 Å². The second-order valence-corrected chi connectivity index (χ2v) is 6.30. The zero-order valence-electron chi connectivity index (χ0n) is 11.0. The van der Waals surface area contributed by atoms with Crippen LogP contribution < -0.4 is 5.73 Å². The SMILES string of the molecule is Cc1ccc(F)c(C(N)CC2CC3CCC2C3)c1. The van der Waals surface area contributed by atoms with Crippen LogP contribution >= 0.6 is 0 Å². The number of hydrogen-bond donors (Lipinski definition) is 1. The molecule has 2 N–H and O–H groups in total. The second-order valence-electron chi connectivity index (χ2n) is 6.30. The summed E-state index contributed by atoms with van der Waals surface area (Å²) in [4.78, 5) is 0. The van der Waals surface area contributed by atoms with Crippen LogP contribution in [0.5, 0.6) is 0 Å². The average molecular weight is 247 g/mol. The van der Waals surface area contributed by atoms with E-state index in [0.717, 1.165) is 29.7 Å². The van der Waals surface area contributed by atoms with Gasteiger partial charge >= 0.3 is 0 Å². The van der Waals surface area contributed by atoms with E-state index in [1.807, 2.05) is 19.1 Å². The molecule has 2 aliphatic carbocycles. The van der Waals surface area contributed by atoms with Gasteiger partial charge in [-0.05, 0) is 56.4 Å². The Labute approximate surface area is 109 Å².